The Labute approximate surface area is 111 Å². The molecule has 0 spiro atoms. The maximum atomic E-state index is 11.6. The van der Waals surface area contributed by atoms with Crippen LogP contribution in [-0.4, -0.2) is 11.2 Å². The van der Waals surface area contributed by atoms with Crippen molar-refractivity contribution >= 4 is 29.3 Å². The molecule has 0 heterocycles. The largest absolute Gasteiger partial charge is 0.293 e. The summed E-state index contributed by atoms with van der Waals surface area (Å²) >= 11 is 7.40. The van der Waals surface area contributed by atoms with Crippen molar-refractivity contribution in [1.29, 1.82) is 0 Å². The molecule has 1 amide bonds. The van der Waals surface area contributed by atoms with E-state index in [0.717, 1.165) is 16.3 Å². The average Bonchev–Trinajstić information content (AvgIpc) is 2.31. The molecule has 0 fully saturated rings. The number of thioether (sulfide) groups is 1. The monoisotopic (exact) mass is 272 g/mol. The lowest BCUT2D eigenvalue weighted by Gasteiger charge is -2.18. The molecule has 1 unspecified atom stereocenters. The first-order chi connectivity index (χ1) is 8.04. The molecule has 17 heavy (non-hydrogen) atoms. The minimum absolute atomic E-state index is 0.126. The summed E-state index contributed by atoms with van der Waals surface area (Å²) in [6.07, 6.45) is 0. The molecule has 1 rings (SSSR count). The quantitative estimate of drug-likeness (QED) is 0.492. The van der Waals surface area contributed by atoms with Gasteiger partial charge in [-0.25, -0.2) is 5.84 Å². The predicted molar refractivity (Wildman–Crippen MR) is 73.7 cm³/mol. The lowest BCUT2D eigenvalue weighted by molar-refractivity contribution is -0.121. The smallest absolute Gasteiger partial charge is 0.247 e. The summed E-state index contributed by atoms with van der Waals surface area (Å²) in [6, 6.07) is 7.63. The number of hydrogen-bond acceptors (Lipinski definition) is 3. The maximum absolute atomic E-state index is 11.6. The SMILES string of the molecule is CC(C)C(SCc1ccc(Cl)cc1)C(=O)NN. The number of rotatable bonds is 5. The average molecular weight is 273 g/mol. The minimum atomic E-state index is -0.129. The van der Waals surface area contributed by atoms with Crippen LogP contribution in [0.1, 0.15) is 19.4 Å². The van der Waals surface area contributed by atoms with Gasteiger partial charge in [-0.1, -0.05) is 37.6 Å². The van der Waals surface area contributed by atoms with Crippen molar-refractivity contribution in [3.05, 3.63) is 34.9 Å². The van der Waals surface area contributed by atoms with E-state index < -0.39 is 0 Å². The fraction of sp³-hybridized carbons (Fsp3) is 0.417. The van der Waals surface area contributed by atoms with Gasteiger partial charge in [-0.2, -0.15) is 0 Å². The van der Waals surface area contributed by atoms with Crippen molar-refractivity contribution in [2.75, 3.05) is 0 Å². The summed E-state index contributed by atoms with van der Waals surface area (Å²) in [6.45, 7) is 4.02. The molecule has 0 aliphatic rings. The zero-order valence-corrected chi connectivity index (χ0v) is 11.5. The van der Waals surface area contributed by atoms with Crippen LogP contribution < -0.4 is 11.3 Å². The van der Waals surface area contributed by atoms with Crippen LogP contribution in [0.15, 0.2) is 24.3 Å². The number of carbonyl (C=O) groups excluding carboxylic acids is 1. The molecule has 0 aliphatic heterocycles. The molecule has 1 aromatic rings. The van der Waals surface area contributed by atoms with Crippen molar-refractivity contribution < 1.29 is 4.79 Å². The molecule has 0 aliphatic carbocycles. The Hall–Kier alpha value is -0.710. The first-order valence-corrected chi connectivity index (χ1v) is 6.83. The summed E-state index contributed by atoms with van der Waals surface area (Å²) < 4.78 is 0. The molecular formula is C12H17ClN2OS. The van der Waals surface area contributed by atoms with Crippen LogP contribution in [0.5, 0.6) is 0 Å². The highest BCUT2D eigenvalue weighted by molar-refractivity contribution is 7.99. The van der Waals surface area contributed by atoms with Gasteiger partial charge < -0.3 is 0 Å². The highest BCUT2D eigenvalue weighted by Crippen LogP contribution is 2.24. The van der Waals surface area contributed by atoms with E-state index in [2.05, 4.69) is 5.43 Å². The van der Waals surface area contributed by atoms with E-state index >= 15 is 0 Å². The van der Waals surface area contributed by atoms with Crippen LogP contribution in [0.25, 0.3) is 0 Å². The number of halogens is 1. The van der Waals surface area contributed by atoms with Gasteiger partial charge in [-0.05, 0) is 23.6 Å². The minimum Gasteiger partial charge on any atom is -0.293 e. The second-order valence-corrected chi connectivity index (χ2v) is 5.68. The van der Waals surface area contributed by atoms with E-state index in [-0.39, 0.29) is 17.1 Å². The third-order valence-corrected chi connectivity index (χ3v) is 4.22. The summed E-state index contributed by atoms with van der Waals surface area (Å²) in [5.74, 6) is 6.06. The van der Waals surface area contributed by atoms with Crippen LogP contribution in [0, 0.1) is 5.92 Å². The Morgan fingerprint density at radius 2 is 2.00 bits per heavy atom. The van der Waals surface area contributed by atoms with Crippen molar-refractivity contribution in [2.24, 2.45) is 11.8 Å². The molecule has 5 heteroatoms. The zero-order valence-electron chi connectivity index (χ0n) is 9.94. The molecule has 0 saturated carbocycles. The fourth-order valence-electron chi connectivity index (χ4n) is 1.42. The van der Waals surface area contributed by atoms with Gasteiger partial charge in [0.05, 0.1) is 5.25 Å². The molecule has 94 valence electrons. The molecule has 1 aromatic carbocycles. The van der Waals surface area contributed by atoms with Gasteiger partial charge in [-0.3, -0.25) is 10.2 Å². The van der Waals surface area contributed by atoms with Crippen LogP contribution in [0.4, 0.5) is 0 Å². The molecular weight excluding hydrogens is 256 g/mol. The fourth-order valence-corrected chi connectivity index (χ4v) is 2.71. The Kier molecular flexibility index (Phi) is 5.82. The zero-order chi connectivity index (χ0) is 12.8. The van der Waals surface area contributed by atoms with Gasteiger partial charge in [0.15, 0.2) is 0 Å². The van der Waals surface area contributed by atoms with E-state index in [1.54, 1.807) is 11.8 Å². The Bertz CT molecular complexity index is 367. The highest BCUT2D eigenvalue weighted by Gasteiger charge is 2.21. The standard InChI is InChI=1S/C12H17ClN2OS/c1-8(2)11(12(16)15-14)17-7-9-3-5-10(13)6-4-9/h3-6,8,11H,7,14H2,1-2H3,(H,15,16). The highest BCUT2D eigenvalue weighted by atomic mass is 35.5. The Morgan fingerprint density at radius 3 is 2.47 bits per heavy atom. The number of hydrogen-bond donors (Lipinski definition) is 2. The normalized spacial score (nSPS) is 12.5. The second-order valence-electron chi connectivity index (χ2n) is 4.11. The Balaban J connectivity index is 2.58. The third kappa shape index (κ3) is 4.58. The summed E-state index contributed by atoms with van der Waals surface area (Å²) in [4.78, 5) is 11.6. The van der Waals surface area contributed by atoms with Gasteiger partial charge in [0.25, 0.3) is 0 Å². The Morgan fingerprint density at radius 1 is 1.41 bits per heavy atom. The van der Waals surface area contributed by atoms with E-state index in [1.165, 1.54) is 0 Å². The molecule has 0 radical (unpaired) electrons. The number of hydrazine groups is 1. The van der Waals surface area contributed by atoms with Gasteiger partial charge in [-0.15, -0.1) is 11.8 Å². The van der Waals surface area contributed by atoms with Crippen LogP contribution in [0.2, 0.25) is 5.02 Å². The lowest BCUT2D eigenvalue weighted by atomic mass is 10.1. The molecule has 3 N–H and O–H groups in total. The van der Waals surface area contributed by atoms with E-state index in [0.29, 0.717) is 0 Å². The third-order valence-electron chi connectivity index (χ3n) is 2.35. The van der Waals surface area contributed by atoms with Crippen molar-refractivity contribution in [2.45, 2.75) is 24.9 Å². The number of carbonyl (C=O) groups is 1. The van der Waals surface area contributed by atoms with Gasteiger partial charge in [0.1, 0.15) is 0 Å². The second kappa shape index (κ2) is 6.89. The predicted octanol–water partition coefficient (Wildman–Crippen LogP) is 2.59. The summed E-state index contributed by atoms with van der Waals surface area (Å²) in [5.41, 5.74) is 3.36. The van der Waals surface area contributed by atoms with Crippen LogP contribution in [-0.2, 0) is 10.5 Å². The van der Waals surface area contributed by atoms with Gasteiger partial charge in [0, 0.05) is 10.8 Å². The van der Waals surface area contributed by atoms with E-state index in [9.17, 15) is 4.79 Å². The summed E-state index contributed by atoms with van der Waals surface area (Å²) in [5, 5.41) is 0.592. The first-order valence-electron chi connectivity index (χ1n) is 5.41. The lowest BCUT2D eigenvalue weighted by Crippen LogP contribution is -2.40. The van der Waals surface area contributed by atoms with Gasteiger partial charge in [0.2, 0.25) is 5.91 Å². The van der Waals surface area contributed by atoms with Crippen LogP contribution in [0.3, 0.4) is 0 Å². The summed E-state index contributed by atoms with van der Waals surface area (Å²) in [7, 11) is 0. The number of amides is 1. The first kappa shape index (κ1) is 14.4. The van der Waals surface area contributed by atoms with Gasteiger partial charge >= 0.3 is 0 Å². The molecule has 0 bridgehead atoms. The van der Waals surface area contributed by atoms with Crippen molar-refractivity contribution in [3.8, 4) is 0 Å². The van der Waals surface area contributed by atoms with Crippen molar-refractivity contribution in [1.82, 2.24) is 5.43 Å². The van der Waals surface area contributed by atoms with Crippen LogP contribution >= 0.6 is 23.4 Å². The molecule has 1 atom stereocenters. The van der Waals surface area contributed by atoms with E-state index in [1.807, 2.05) is 38.1 Å². The van der Waals surface area contributed by atoms with Crippen molar-refractivity contribution in [3.63, 3.8) is 0 Å². The molecule has 0 aromatic heterocycles. The number of benzene rings is 1. The maximum Gasteiger partial charge on any atom is 0.247 e. The molecule has 0 saturated heterocycles. The topological polar surface area (TPSA) is 55.1 Å². The number of nitrogens with one attached hydrogen (secondary N) is 1. The molecule has 3 nitrogen and oxygen atoms in total. The van der Waals surface area contributed by atoms with E-state index in [4.69, 9.17) is 17.4 Å². The number of nitrogens with two attached hydrogens (primary N) is 1.